The molecule has 0 radical (unpaired) electrons. The molecule has 1 aliphatic carbocycles. The van der Waals surface area contributed by atoms with Crippen LogP contribution in [0, 0.1) is 0 Å². The summed E-state index contributed by atoms with van der Waals surface area (Å²) >= 11 is 2.94. The molecule has 28 heavy (non-hydrogen) atoms. The molecule has 0 bridgehead atoms. The van der Waals surface area contributed by atoms with E-state index in [1.54, 1.807) is 0 Å². The van der Waals surface area contributed by atoms with Crippen LogP contribution in [0.4, 0.5) is 5.13 Å². The minimum Gasteiger partial charge on any atom is -0.357 e. The molecule has 1 aliphatic rings. The highest BCUT2D eigenvalue weighted by molar-refractivity contribution is 8.01. The zero-order chi connectivity index (χ0) is 19.2. The fourth-order valence-corrected chi connectivity index (χ4v) is 4.52. The quantitative estimate of drug-likeness (QED) is 0.515. The van der Waals surface area contributed by atoms with Crippen molar-refractivity contribution in [3.8, 4) is 0 Å². The summed E-state index contributed by atoms with van der Waals surface area (Å²) in [5.74, 6) is 0.331. The van der Waals surface area contributed by atoms with Crippen molar-refractivity contribution < 1.29 is 4.79 Å². The molecule has 7 heteroatoms. The lowest BCUT2D eigenvalue weighted by molar-refractivity contribution is -0.119. The number of hydrogen-bond donors (Lipinski definition) is 2. The summed E-state index contributed by atoms with van der Waals surface area (Å²) in [6, 6.07) is 20.8. The van der Waals surface area contributed by atoms with E-state index in [4.69, 9.17) is 0 Å². The van der Waals surface area contributed by atoms with Crippen LogP contribution in [0.3, 0.4) is 0 Å². The van der Waals surface area contributed by atoms with E-state index >= 15 is 0 Å². The van der Waals surface area contributed by atoms with Crippen molar-refractivity contribution >= 4 is 34.1 Å². The van der Waals surface area contributed by atoms with Crippen LogP contribution >= 0.6 is 23.1 Å². The molecule has 2 N–H and O–H groups in total. The van der Waals surface area contributed by atoms with Crippen molar-refractivity contribution in [1.82, 2.24) is 15.5 Å². The Morgan fingerprint density at radius 3 is 2.50 bits per heavy atom. The summed E-state index contributed by atoms with van der Waals surface area (Å²) in [5, 5.41) is 15.7. The molecule has 4 rings (SSSR count). The Morgan fingerprint density at radius 1 is 1.07 bits per heavy atom. The van der Waals surface area contributed by atoms with Gasteiger partial charge in [-0.05, 0) is 30.4 Å². The van der Waals surface area contributed by atoms with Gasteiger partial charge >= 0.3 is 0 Å². The minimum absolute atomic E-state index is 0.00156. The second-order valence-electron chi connectivity index (χ2n) is 6.80. The molecule has 5 nitrogen and oxygen atoms in total. The SMILES string of the molecule is O=C(CSc1nnc(NC2CC2)s1)NC(Cc1ccccc1)c1ccccc1. The van der Waals surface area contributed by atoms with Gasteiger partial charge in [0.05, 0.1) is 11.8 Å². The molecule has 1 amide bonds. The van der Waals surface area contributed by atoms with Crippen LogP contribution < -0.4 is 10.6 Å². The Bertz CT molecular complexity index is 897. The Kier molecular flexibility index (Phi) is 6.24. The lowest BCUT2D eigenvalue weighted by Gasteiger charge is -2.19. The summed E-state index contributed by atoms with van der Waals surface area (Å²) in [7, 11) is 0. The number of amides is 1. The van der Waals surface area contributed by atoms with Crippen LogP contribution in [-0.4, -0.2) is 27.9 Å². The summed E-state index contributed by atoms with van der Waals surface area (Å²) in [4.78, 5) is 12.6. The van der Waals surface area contributed by atoms with Gasteiger partial charge in [0.25, 0.3) is 0 Å². The fourth-order valence-electron chi connectivity index (χ4n) is 2.88. The minimum atomic E-state index is -0.0572. The molecule has 1 unspecified atom stereocenters. The first-order chi connectivity index (χ1) is 13.8. The van der Waals surface area contributed by atoms with Crippen molar-refractivity contribution in [3.05, 3.63) is 71.8 Å². The summed E-state index contributed by atoms with van der Waals surface area (Å²) in [6.07, 6.45) is 3.16. The zero-order valence-corrected chi connectivity index (χ0v) is 17.0. The molecule has 144 valence electrons. The molecule has 3 aromatic rings. The topological polar surface area (TPSA) is 66.9 Å². The summed E-state index contributed by atoms with van der Waals surface area (Å²) in [6.45, 7) is 0. The molecule has 1 heterocycles. The van der Waals surface area contributed by atoms with Crippen LogP contribution in [-0.2, 0) is 11.2 Å². The first-order valence-electron chi connectivity index (χ1n) is 9.37. The van der Waals surface area contributed by atoms with Crippen LogP contribution in [0.1, 0.15) is 30.0 Å². The van der Waals surface area contributed by atoms with Gasteiger partial charge in [-0.3, -0.25) is 4.79 Å². The number of anilines is 1. The van der Waals surface area contributed by atoms with E-state index in [9.17, 15) is 4.79 Å². The first kappa shape index (κ1) is 19.0. The predicted molar refractivity (Wildman–Crippen MR) is 115 cm³/mol. The molecule has 1 aromatic heterocycles. The van der Waals surface area contributed by atoms with Crippen LogP contribution in [0.25, 0.3) is 0 Å². The zero-order valence-electron chi connectivity index (χ0n) is 15.4. The monoisotopic (exact) mass is 410 g/mol. The van der Waals surface area contributed by atoms with E-state index in [1.807, 2.05) is 36.4 Å². The van der Waals surface area contributed by atoms with Crippen LogP contribution in [0.15, 0.2) is 65.0 Å². The summed E-state index contributed by atoms with van der Waals surface area (Å²) in [5.41, 5.74) is 2.31. The van der Waals surface area contributed by atoms with Crippen LogP contribution in [0.5, 0.6) is 0 Å². The number of aromatic nitrogens is 2. The van der Waals surface area contributed by atoms with Crippen molar-refractivity contribution in [2.75, 3.05) is 11.1 Å². The third-order valence-corrected chi connectivity index (χ3v) is 6.45. The molecule has 1 atom stereocenters. The Balaban J connectivity index is 1.35. The summed E-state index contributed by atoms with van der Waals surface area (Å²) < 4.78 is 0.817. The highest BCUT2D eigenvalue weighted by Crippen LogP contribution is 2.30. The second-order valence-corrected chi connectivity index (χ2v) is 9.00. The van der Waals surface area contributed by atoms with E-state index in [-0.39, 0.29) is 11.9 Å². The van der Waals surface area contributed by atoms with Gasteiger partial charge in [-0.2, -0.15) is 0 Å². The lowest BCUT2D eigenvalue weighted by atomic mass is 9.99. The number of hydrogen-bond acceptors (Lipinski definition) is 6. The lowest BCUT2D eigenvalue weighted by Crippen LogP contribution is -2.31. The van der Waals surface area contributed by atoms with E-state index in [0.717, 1.165) is 21.5 Å². The third kappa shape index (κ3) is 5.56. The van der Waals surface area contributed by atoms with Gasteiger partial charge < -0.3 is 10.6 Å². The van der Waals surface area contributed by atoms with Gasteiger partial charge in [0.15, 0.2) is 4.34 Å². The van der Waals surface area contributed by atoms with Gasteiger partial charge in [0, 0.05) is 6.04 Å². The first-order valence-corrected chi connectivity index (χ1v) is 11.2. The van der Waals surface area contributed by atoms with Crippen molar-refractivity contribution in [2.24, 2.45) is 0 Å². The molecule has 0 spiro atoms. The molecule has 1 saturated carbocycles. The fraction of sp³-hybridized carbons (Fsp3) is 0.286. The second kappa shape index (κ2) is 9.21. The van der Waals surface area contributed by atoms with Gasteiger partial charge in [0.2, 0.25) is 11.0 Å². The van der Waals surface area contributed by atoms with Crippen molar-refractivity contribution in [1.29, 1.82) is 0 Å². The van der Waals surface area contributed by atoms with Crippen molar-refractivity contribution in [2.45, 2.75) is 35.7 Å². The molecular formula is C21H22N4OS2. The van der Waals surface area contributed by atoms with Gasteiger partial charge in [-0.25, -0.2) is 0 Å². The normalized spacial score (nSPS) is 14.4. The number of carbonyl (C=O) groups excluding carboxylic acids is 1. The average Bonchev–Trinajstić information content (AvgIpc) is 3.43. The van der Waals surface area contributed by atoms with E-state index in [0.29, 0.717) is 11.8 Å². The van der Waals surface area contributed by atoms with Gasteiger partial charge in [-0.15, -0.1) is 10.2 Å². The van der Waals surface area contributed by atoms with E-state index < -0.39 is 0 Å². The van der Waals surface area contributed by atoms with Crippen LogP contribution in [0.2, 0.25) is 0 Å². The molecular weight excluding hydrogens is 388 g/mol. The van der Waals surface area contributed by atoms with Gasteiger partial charge in [-0.1, -0.05) is 83.8 Å². The standard InChI is InChI=1S/C21H22N4OS2/c26-19(14-27-21-25-24-20(28-21)22-17-11-12-17)23-18(16-9-5-2-6-10-16)13-15-7-3-1-4-8-15/h1-10,17-18H,11-14H2,(H,22,24)(H,23,26). The largest absolute Gasteiger partial charge is 0.357 e. The maximum Gasteiger partial charge on any atom is 0.230 e. The third-order valence-electron chi connectivity index (χ3n) is 4.46. The molecule has 1 fully saturated rings. The molecule has 0 aliphatic heterocycles. The Morgan fingerprint density at radius 2 is 1.79 bits per heavy atom. The molecule has 0 saturated heterocycles. The number of benzene rings is 2. The number of thioether (sulfide) groups is 1. The number of carbonyl (C=O) groups is 1. The number of nitrogens with one attached hydrogen (secondary N) is 2. The van der Waals surface area contributed by atoms with Crippen molar-refractivity contribution in [3.63, 3.8) is 0 Å². The smallest absolute Gasteiger partial charge is 0.230 e. The Labute approximate surface area is 173 Å². The predicted octanol–water partition coefficient (Wildman–Crippen LogP) is 4.30. The number of rotatable bonds is 9. The van der Waals surface area contributed by atoms with E-state index in [2.05, 4.69) is 45.1 Å². The highest BCUT2D eigenvalue weighted by atomic mass is 32.2. The molecule has 2 aromatic carbocycles. The van der Waals surface area contributed by atoms with E-state index in [1.165, 1.54) is 41.5 Å². The number of nitrogens with zero attached hydrogens (tertiary/aromatic N) is 2. The maximum absolute atomic E-state index is 12.6. The highest BCUT2D eigenvalue weighted by Gasteiger charge is 2.22. The van der Waals surface area contributed by atoms with Gasteiger partial charge in [0.1, 0.15) is 0 Å². The Hall–Kier alpha value is -2.38. The maximum atomic E-state index is 12.6. The average molecular weight is 411 g/mol.